The summed E-state index contributed by atoms with van der Waals surface area (Å²) >= 11 is 0. The van der Waals surface area contributed by atoms with Gasteiger partial charge in [0.15, 0.2) is 0 Å². The Hall–Kier alpha value is -2.32. The number of aliphatic carboxylic acids is 1. The highest BCUT2D eigenvalue weighted by Gasteiger charge is 2.27. The van der Waals surface area contributed by atoms with Crippen LogP contribution >= 0.6 is 0 Å². The topological polar surface area (TPSA) is 91.3 Å². The first-order valence-corrected chi connectivity index (χ1v) is 5.04. The van der Waals surface area contributed by atoms with E-state index in [1.165, 1.54) is 12.1 Å². The van der Waals surface area contributed by atoms with Crippen LogP contribution < -0.4 is 10.6 Å². The molecule has 0 bridgehead atoms. The van der Waals surface area contributed by atoms with Crippen molar-refractivity contribution in [3.8, 4) is 0 Å². The van der Waals surface area contributed by atoms with E-state index in [0.717, 1.165) is 6.20 Å². The molecule has 1 aromatic heterocycles. The predicted molar refractivity (Wildman–Crippen MR) is 58.7 cm³/mol. The number of pyridine rings is 1. The van der Waals surface area contributed by atoms with E-state index in [9.17, 15) is 22.8 Å². The van der Waals surface area contributed by atoms with E-state index in [1.54, 1.807) is 5.32 Å². The first kappa shape index (κ1) is 14.7. The largest absolute Gasteiger partial charge is 0.481 e. The van der Waals surface area contributed by atoms with E-state index < -0.39 is 24.7 Å². The minimum atomic E-state index is -4.49. The fourth-order valence-electron chi connectivity index (χ4n) is 1.11. The van der Waals surface area contributed by atoms with Crippen molar-refractivity contribution in [1.82, 2.24) is 10.3 Å². The van der Waals surface area contributed by atoms with E-state index in [0.29, 0.717) is 0 Å². The number of hydrogen-bond donors (Lipinski definition) is 3. The maximum atomic E-state index is 11.8. The zero-order valence-electron chi connectivity index (χ0n) is 9.49. The summed E-state index contributed by atoms with van der Waals surface area (Å²) in [6.07, 6.45) is -3.60. The normalized spacial score (nSPS) is 10.9. The number of nitrogens with one attached hydrogen (secondary N) is 2. The number of carboxylic acid groups (broad SMARTS) is 1. The third-order valence-corrected chi connectivity index (χ3v) is 1.86. The molecule has 0 saturated carbocycles. The monoisotopic (exact) mass is 277 g/mol. The van der Waals surface area contributed by atoms with Crippen LogP contribution in [0.4, 0.5) is 23.7 Å². The minimum absolute atomic E-state index is 0.161. The molecule has 3 N–H and O–H groups in total. The van der Waals surface area contributed by atoms with Crippen LogP contribution in [0.3, 0.4) is 0 Å². The number of nitrogens with zero attached hydrogens (tertiary/aromatic N) is 1. The number of halogens is 3. The number of urea groups is 1. The maximum Gasteiger partial charge on any atom is 0.405 e. The van der Waals surface area contributed by atoms with Crippen LogP contribution in [-0.4, -0.2) is 34.8 Å². The summed E-state index contributed by atoms with van der Waals surface area (Å²) in [4.78, 5) is 25.2. The van der Waals surface area contributed by atoms with E-state index in [1.807, 2.05) is 0 Å². The summed E-state index contributed by atoms with van der Waals surface area (Å²) in [6.45, 7) is -1.44. The Balaban J connectivity index is 2.49. The van der Waals surface area contributed by atoms with Gasteiger partial charge < -0.3 is 15.7 Å². The van der Waals surface area contributed by atoms with E-state index in [-0.39, 0.29) is 17.8 Å². The molecule has 1 aromatic rings. The van der Waals surface area contributed by atoms with Gasteiger partial charge in [0, 0.05) is 0 Å². The Morgan fingerprint density at radius 2 is 2.00 bits per heavy atom. The molecule has 6 nitrogen and oxygen atoms in total. The molecule has 0 aliphatic carbocycles. The SMILES string of the molecule is O=C(O)Cc1ccc(NC(=O)NCC(F)(F)F)cn1. The zero-order chi connectivity index (χ0) is 14.5. The van der Waals surface area contributed by atoms with Gasteiger partial charge in [-0.05, 0) is 12.1 Å². The summed E-state index contributed by atoms with van der Waals surface area (Å²) in [6, 6.07) is 1.68. The summed E-state index contributed by atoms with van der Waals surface area (Å²) in [5.41, 5.74) is 0.433. The standard InChI is InChI=1S/C10H10F3N3O3/c11-10(12,13)5-15-9(19)16-7-2-1-6(14-4-7)3-8(17)18/h1-2,4H,3,5H2,(H,17,18)(H2,15,16,19). The second kappa shape index (κ2) is 6.03. The van der Waals surface area contributed by atoms with E-state index in [4.69, 9.17) is 5.11 Å². The first-order chi connectivity index (χ1) is 8.76. The van der Waals surface area contributed by atoms with Gasteiger partial charge in [0.1, 0.15) is 6.54 Å². The number of carboxylic acids is 1. The van der Waals surface area contributed by atoms with Gasteiger partial charge in [-0.15, -0.1) is 0 Å². The molecule has 0 unspecified atom stereocenters. The Bertz CT molecular complexity index is 459. The molecule has 9 heteroatoms. The molecule has 104 valence electrons. The number of rotatable bonds is 4. The molecule has 0 saturated heterocycles. The number of alkyl halides is 3. The third-order valence-electron chi connectivity index (χ3n) is 1.86. The van der Waals surface area contributed by atoms with Crippen molar-refractivity contribution >= 4 is 17.7 Å². The maximum absolute atomic E-state index is 11.8. The number of carbonyl (C=O) groups excluding carboxylic acids is 1. The molecule has 0 aliphatic rings. The number of carbonyl (C=O) groups is 2. The highest BCUT2D eigenvalue weighted by atomic mass is 19.4. The smallest absolute Gasteiger partial charge is 0.405 e. The quantitative estimate of drug-likeness (QED) is 0.775. The number of amides is 2. The van der Waals surface area contributed by atoms with Gasteiger partial charge in [-0.25, -0.2) is 4.79 Å². The Morgan fingerprint density at radius 3 is 2.47 bits per heavy atom. The molecule has 2 amide bonds. The summed E-state index contributed by atoms with van der Waals surface area (Å²) in [7, 11) is 0. The minimum Gasteiger partial charge on any atom is -0.481 e. The lowest BCUT2D eigenvalue weighted by molar-refractivity contribution is -0.136. The van der Waals surface area contributed by atoms with E-state index in [2.05, 4.69) is 10.3 Å². The average molecular weight is 277 g/mol. The molecule has 1 rings (SSSR count). The van der Waals surface area contributed by atoms with Crippen molar-refractivity contribution in [3.63, 3.8) is 0 Å². The van der Waals surface area contributed by atoms with Gasteiger partial charge in [0.2, 0.25) is 0 Å². The number of anilines is 1. The van der Waals surface area contributed by atoms with E-state index >= 15 is 0 Å². The highest BCUT2D eigenvalue weighted by Crippen LogP contribution is 2.12. The molecular formula is C10H10F3N3O3. The van der Waals surface area contributed by atoms with Crippen LogP contribution in [0, 0.1) is 0 Å². The van der Waals surface area contributed by atoms with Crippen molar-refractivity contribution in [1.29, 1.82) is 0 Å². The van der Waals surface area contributed by atoms with Crippen LogP contribution in [0.1, 0.15) is 5.69 Å². The van der Waals surface area contributed by atoms with Crippen LogP contribution in [-0.2, 0) is 11.2 Å². The Morgan fingerprint density at radius 1 is 1.32 bits per heavy atom. The van der Waals surface area contributed by atoms with Crippen LogP contribution in [0.15, 0.2) is 18.3 Å². The van der Waals surface area contributed by atoms with Crippen molar-refractivity contribution < 1.29 is 27.9 Å². The zero-order valence-corrected chi connectivity index (χ0v) is 9.49. The van der Waals surface area contributed by atoms with Gasteiger partial charge in [0.25, 0.3) is 0 Å². The fourth-order valence-corrected chi connectivity index (χ4v) is 1.11. The van der Waals surface area contributed by atoms with Gasteiger partial charge in [0.05, 0.1) is 24.0 Å². The summed E-state index contributed by atoms with van der Waals surface area (Å²) < 4.78 is 35.5. The molecule has 0 atom stereocenters. The van der Waals surface area contributed by atoms with Crippen molar-refractivity contribution in [2.75, 3.05) is 11.9 Å². The van der Waals surface area contributed by atoms with Crippen LogP contribution in [0.25, 0.3) is 0 Å². The molecule has 0 aliphatic heterocycles. The lowest BCUT2D eigenvalue weighted by atomic mass is 10.2. The number of hydrogen-bond acceptors (Lipinski definition) is 3. The molecular weight excluding hydrogens is 267 g/mol. The van der Waals surface area contributed by atoms with Crippen molar-refractivity contribution in [3.05, 3.63) is 24.0 Å². The van der Waals surface area contributed by atoms with Gasteiger partial charge in [-0.3, -0.25) is 9.78 Å². The number of aromatic nitrogens is 1. The molecule has 1 heterocycles. The highest BCUT2D eigenvalue weighted by molar-refractivity contribution is 5.89. The molecule has 0 aromatic carbocycles. The van der Waals surface area contributed by atoms with Crippen LogP contribution in [0.5, 0.6) is 0 Å². The molecule has 19 heavy (non-hydrogen) atoms. The van der Waals surface area contributed by atoms with Crippen LogP contribution in [0.2, 0.25) is 0 Å². The lowest BCUT2D eigenvalue weighted by Crippen LogP contribution is -2.36. The van der Waals surface area contributed by atoms with Gasteiger partial charge in [-0.2, -0.15) is 13.2 Å². The molecule has 0 fully saturated rings. The molecule has 0 spiro atoms. The summed E-state index contributed by atoms with van der Waals surface area (Å²) in [5.74, 6) is -1.06. The molecule has 0 radical (unpaired) electrons. The third kappa shape index (κ3) is 6.24. The second-order valence-electron chi connectivity index (χ2n) is 3.53. The van der Waals surface area contributed by atoms with Gasteiger partial charge >= 0.3 is 18.2 Å². The van der Waals surface area contributed by atoms with Crippen molar-refractivity contribution in [2.24, 2.45) is 0 Å². The first-order valence-electron chi connectivity index (χ1n) is 5.04. The Labute approximate surface area is 105 Å². The second-order valence-corrected chi connectivity index (χ2v) is 3.53. The summed E-state index contributed by atoms with van der Waals surface area (Å²) in [5, 5.41) is 12.3. The lowest BCUT2D eigenvalue weighted by Gasteiger charge is -2.09. The average Bonchev–Trinajstić information content (AvgIpc) is 2.28. The predicted octanol–water partition coefficient (Wildman–Crippen LogP) is 1.39. The van der Waals surface area contributed by atoms with Crippen molar-refractivity contribution in [2.45, 2.75) is 12.6 Å². The Kier molecular flexibility index (Phi) is 4.67. The fraction of sp³-hybridized carbons (Fsp3) is 0.300. The van der Waals surface area contributed by atoms with Gasteiger partial charge in [-0.1, -0.05) is 0 Å².